The van der Waals surface area contributed by atoms with Gasteiger partial charge in [-0.15, -0.1) is 10.2 Å². The van der Waals surface area contributed by atoms with Gasteiger partial charge in [0.1, 0.15) is 5.69 Å². The zero-order valence-corrected chi connectivity index (χ0v) is 20.3. The minimum Gasteiger partial charge on any atom is -0.423 e. The maximum Gasteiger partial charge on any atom is 0.272 e. The highest BCUT2D eigenvalue weighted by molar-refractivity contribution is 5.92. The van der Waals surface area contributed by atoms with Gasteiger partial charge in [-0.1, -0.05) is 13.8 Å². The minimum absolute atomic E-state index is 0.0193. The number of aryl methyl sites for hydroxylation is 1. The maximum absolute atomic E-state index is 13.1. The third-order valence-electron chi connectivity index (χ3n) is 7.02. The van der Waals surface area contributed by atoms with E-state index in [1.807, 2.05) is 25.7 Å². The number of amides is 2. The molecule has 2 aliphatic heterocycles. The van der Waals surface area contributed by atoms with Crippen LogP contribution in [0.1, 0.15) is 74.3 Å². The molecule has 4 rings (SSSR count). The topological polar surface area (TPSA) is 101 Å². The third-order valence-corrected chi connectivity index (χ3v) is 7.02. The van der Waals surface area contributed by atoms with Gasteiger partial charge in [0.2, 0.25) is 17.7 Å². The summed E-state index contributed by atoms with van der Waals surface area (Å²) in [4.78, 5) is 31.3. The Kier molecular flexibility index (Phi) is 6.56. The second-order valence-electron chi connectivity index (χ2n) is 9.87. The van der Waals surface area contributed by atoms with E-state index in [0.717, 1.165) is 25.8 Å². The number of aromatic nitrogens is 4. The van der Waals surface area contributed by atoms with E-state index in [-0.39, 0.29) is 29.2 Å². The number of piperidine rings is 1. The van der Waals surface area contributed by atoms with Crippen LogP contribution in [0.25, 0.3) is 0 Å². The van der Waals surface area contributed by atoms with E-state index < -0.39 is 0 Å². The lowest BCUT2D eigenvalue weighted by Gasteiger charge is -2.39. The van der Waals surface area contributed by atoms with Crippen LogP contribution in [-0.2, 0) is 11.3 Å². The van der Waals surface area contributed by atoms with Crippen molar-refractivity contribution in [2.45, 2.75) is 58.5 Å². The van der Waals surface area contributed by atoms with E-state index in [2.05, 4.69) is 20.2 Å². The molecule has 2 amide bonds. The molecular weight excluding hydrogens is 422 g/mol. The van der Waals surface area contributed by atoms with Crippen molar-refractivity contribution in [1.82, 2.24) is 34.7 Å². The highest BCUT2D eigenvalue weighted by Crippen LogP contribution is 2.48. The van der Waals surface area contributed by atoms with Crippen LogP contribution in [-0.4, -0.2) is 86.8 Å². The minimum atomic E-state index is -0.0855. The first-order chi connectivity index (χ1) is 15.7. The van der Waals surface area contributed by atoms with Gasteiger partial charge in [-0.3, -0.25) is 19.2 Å². The molecule has 0 aromatic carbocycles. The second-order valence-corrected chi connectivity index (χ2v) is 9.87. The summed E-state index contributed by atoms with van der Waals surface area (Å²) in [6, 6.07) is 1.70. The molecule has 0 bridgehead atoms. The monoisotopic (exact) mass is 457 g/mol. The summed E-state index contributed by atoms with van der Waals surface area (Å²) < 4.78 is 7.75. The van der Waals surface area contributed by atoms with E-state index in [0.29, 0.717) is 43.7 Å². The van der Waals surface area contributed by atoms with Gasteiger partial charge in [-0.25, -0.2) is 0 Å². The fraction of sp³-hybridized carbons (Fsp3) is 0.696. The summed E-state index contributed by atoms with van der Waals surface area (Å²) in [5, 5.41) is 12.8. The number of hydrogen-bond acceptors (Lipinski definition) is 7. The average Bonchev–Trinajstić information content (AvgIpc) is 3.52. The SMILES string of the molecule is CCn1nccc1C(=O)N1CCC2(CC1)CC(c1nnc(C(C)C)o1)N(CC(=O)N(C)C)C2. The van der Waals surface area contributed by atoms with Crippen molar-refractivity contribution in [3.05, 3.63) is 29.7 Å². The molecule has 1 unspecified atom stereocenters. The smallest absolute Gasteiger partial charge is 0.272 e. The first kappa shape index (κ1) is 23.4. The predicted octanol–water partition coefficient (Wildman–Crippen LogP) is 2.17. The van der Waals surface area contributed by atoms with Gasteiger partial charge in [-0.2, -0.15) is 5.10 Å². The largest absolute Gasteiger partial charge is 0.423 e. The Hall–Kier alpha value is -2.75. The molecule has 4 heterocycles. The van der Waals surface area contributed by atoms with Crippen molar-refractivity contribution in [3.63, 3.8) is 0 Å². The summed E-state index contributed by atoms with van der Waals surface area (Å²) >= 11 is 0. The maximum atomic E-state index is 13.1. The van der Waals surface area contributed by atoms with Gasteiger partial charge in [0, 0.05) is 52.4 Å². The van der Waals surface area contributed by atoms with Crippen molar-refractivity contribution in [3.8, 4) is 0 Å². The molecule has 0 radical (unpaired) electrons. The number of nitrogens with zero attached hydrogens (tertiary/aromatic N) is 7. The molecule has 1 spiro atoms. The molecule has 2 aliphatic rings. The summed E-state index contributed by atoms with van der Waals surface area (Å²) in [5.74, 6) is 1.47. The first-order valence-corrected chi connectivity index (χ1v) is 11.8. The molecule has 180 valence electrons. The average molecular weight is 458 g/mol. The number of carbonyl (C=O) groups excluding carboxylic acids is 2. The zero-order valence-electron chi connectivity index (χ0n) is 20.3. The van der Waals surface area contributed by atoms with Crippen molar-refractivity contribution in [2.75, 3.05) is 40.3 Å². The summed E-state index contributed by atoms with van der Waals surface area (Å²) in [6.07, 6.45) is 4.29. The Morgan fingerprint density at radius 3 is 2.58 bits per heavy atom. The highest BCUT2D eigenvalue weighted by atomic mass is 16.4. The molecule has 0 N–H and O–H groups in total. The Morgan fingerprint density at radius 2 is 1.97 bits per heavy atom. The highest BCUT2D eigenvalue weighted by Gasteiger charge is 2.49. The summed E-state index contributed by atoms with van der Waals surface area (Å²) in [5.41, 5.74) is 0.661. The Morgan fingerprint density at radius 1 is 1.24 bits per heavy atom. The molecule has 10 heteroatoms. The van der Waals surface area contributed by atoms with Gasteiger partial charge < -0.3 is 14.2 Å². The second kappa shape index (κ2) is 9.24. The van der Waals surface area contributed by atoms with E-state index in [1.54, 1.807) is 35.9 Å². The third kappa shape index (κ3) is 4.66. The zero-order chi connectivity index (χ0) is 23.8. The molecule has 2 aromatic heterocycles. The van der Waals surface area contributed by atoms with Crippen molar-refractivity contribution in [2.24, 2.45) is 5.41 Å². The molecule has 2 aromatic rings. The van der Waals surface area contributed by atoms with Crippen LogP contribution in [0.15, 0.2) is 16.7 Å². The van der Waals surface area contributed by atoms with Crippen molar-refractivity contribution < 1.29 is 14.0 Å². The molecular formula is C23H35N7O3. The van der Waals surface area contributed by atoms with E-state index in [9.17, 15) is 9.59 Å². The van der Waals surface area contributed by atoms with Gasteiger partial charge >= 0.3 is 0 Å². The number of carbonyl (C=O) groups is 2. The van der Waals surface area contributed by atoms with Crippen molar-refractivity contribution >= 4 is 11.8 Å². The van der Waals surface area contributed by atoms with Gasteiger partial charge in [0.05, 0.1) is 12.6 Å². The Labute approximate surface area is 194 Å². The molecule has 2 saturated heterocycles. The fourth-order valence-electron chi connectivity index (χ4n) is 4.96. The van der Waals surface area contributed by atoms with E-state index in [1.165, 1.54) is 0 Å². The Bertz CT molecular complexity index is 988. The lowest BCUT2D eigenvalue weighted by molar-refractivity contribution is -0.130. The van der Waals surface area contributed by atoms with Gasteiger partial charge in [-0.05, 0) is 37.7 Å². The molecule has 0 saturated carbocycles. The summed E-state index contributed by atoms with van der Waals surface area (Å²) in [7, 11) is 3.55. The number of rotatable bonds is 6. The van der Waals surface area contributed by atoms with Crippen molar-refractivity contribution in [1.29, 1.82) is 0 Å². The van der Waals surface area contributed by atoms with Crippen LogP contribution in [0, 0.1) is 5.41 Å². The number of likely N-dealkylation sites (tertiary alicyclic amines) is 2. The van der Waals surface area contributed by atoms with Crippen LogP contribution in [0.2, 0.25) is 0 Å². The lowest BCUT2D eigenvalue weighted by Crippen LogP contribution is -2.45. The predicted molar refractivity (Wildman–Crippen MR) is 121 cm³/mol. The van der Waals surface area contributed by atoms with Crippen LogP contribution in [0.5, 0.6) is 0 Å². The van der Waals surface area contributed by atoms with Gasteiger partial charge in [0.25, 0.3) is 5.91 Å². The quantitative estimate of drug-likeness (QED) is 0.655. The Balaban J connectivity index is 1.49. The summed E-state index contributed by atoms with van der Waals surface area (Å²) in [6.45, 7) is 9.19. The number of hydrogen-bond donors (Lipinski definition) is 0. The van der Waals surface area contributed by atoms with Crippen LogP contribution in [0.3, 0.4) is 0 Å². The molecule has 10 nitrogen and oxygen atoms in total. The molecule has 33 heavy (non-hydrogen) atoms. The molecule has 0 aliphatic carbocycles. The lowest BCUT2D eigenvalue weighted by atomic mass is 9.76. The van der Waals surface area contributed by atoms with Crippen LogP contribution < -0.4 is 0 Å². The number of likely N-dealkylation sites (N-methyl/N-ethyl adjacent to an activating group) is 1. The van der Waals surface area contributed by atoms with Crippen LogP contribution in [0.4, 0.5) is 0 Å². The normalized spacial score (nSPS) is 20.7. The van der Waals surface area contributed by atoms with Crippen LogP contribution >= 0.6 is 0 Å². The molecule has 1 atom stereocenters. The van der Waals surface area contributed by atoms with Gasteiger partial charge in [0.15, 0.2) is 0 Å². The standard InChI is InChI=1S/C23H35N7O3/c1-6-30-17(7-10-24-30)22(32)28-11-8-23(9-12-28)13-18(21-26-25-20(33-21)16(2)3)29(15-23)14-19(31)27(4)5/h7,10,16,18H,6,8-9,11-15H2,1-5H3. The van der Waals surface area contributed by atoms with E-state index >= 15 is 0 Å². The van der Waals surface area contributed by atoms with E-state index in [4.69, 9.17) is 4.42 Å². The fourth-order valence-corrected chi connectivity index (χ4v) is 4.96. The first-order valence-electron chi connectivity index (χ1n) is 11.8. The molecule has 2 fully saturated rings.